The number of hydrogen-bond donors (Lipinski definition) is 2. The van der Waals surface area contributed by atoms with Gasteiger partial charge in [-0.2, -0.15) is 15.5 Å². The van der Waals surface area contributed by atoms with Gasteiger partial charge >= 0.3 is 0 Å². The zero-order valence-corrected chi connectivity index (χ0v) is 18.4. The highest BCUT2D eigenvalue weighted by molar-refractivity contribution is 5.94. The Balaban J connectivity index is 1.44. The highest BCUT2D eigenvalue weighted by atomic mass is 16.2. The molecule has 4 aromatic rings. The van der Waals surface area contributed by atoms with Crippen LogP contribution in [0, 0.1) is 18.3 Å². The predicted molar refractivity (Wildman–Crippen MR) is 124 cm³/mol. The molecule has 3 heterocycles. The van der Waals surface area contributed by atoms with Crippen LogP contribution in [0.5, 0.6) is 0 Å². The van der Waals surface area contributed by atoms with Gasteiger partial charge in [-0.05, 0) is 30.7 Å². The van der Waals surface area contributed by atoms with Crippen molar-refractivity contribution < 1.29 is 4.79 Å². The first-order valence-electron chi connectivity index (χ1n) is 10.5. The topological polar surface area (TPSA) is 113 Å². The molecule has 0 bridgehead atoms. The number of nitrogens with zero attached hydrogens (tertiary/aromatic N) is 6. The second kappa shape index (κ2) is 9.89. The maximum atomic E-state index is 13.1. The summed E-state index contributed by atoms with van der Waals surface area (Å²) in [6.45, 7) is 2.92. The molecular formula is C24H24N8O. The Hall–Kier alpha value is -4.29. The fourth-order valence-electron chi connectivity index (χ4n) is 3.52. The second-order valence-electron chi connectivity index (χ2n) is 7.63. The van der Waals surface area contributed by atoms with Gasteiger partial charge in [-0.25, -0.2) is 4.98 Å². The van der Waals surface area contributed by atoms with Gasteiger partial charge < -0.3 is 10.6 Å². The SMILES string of the molecule is Cc1cc(C#N)nn1CCNC(C(=O)Nc1ccc(-c2cnn(C)c2)cn1)c1ccccc1. The minimum absolute atomic E-state index is 0.210. The molecule has 4 rings (SSSR count). The lowest BCUT2D eigenvalue weighted by molar-refractivity contribution is -0.118. The van der Waals surface area contributed by atoms with Crippen LogP contribution < -0.4 is 10.6 Å². The van der Waals surface area contributed by atoms with Crippen LogP contribution in [0.15, 0.2) is 67.1 Å². The van der Waals surface area contributed by atoms with Crippen LogP contribution in [-0.4, -0.2) is 37.0 Å². The number of carbonyl (C=O) groups excluding carboxylic acids is 1. The molecule has 1 unspecified atom stereocenters. The Bertz CT molecular complexity index is 1270. The monoisotopic (exact) mass is 440 g/mol. The van der Waals surface area contributed by atoms with E-state index in [-0.39, 0.29) is 5.91 Å². The third kappa shape index (κ3) is 5.31. The maximum absolute atomic E-state index is 13.1. The number of pyridine rings is 1. The van der Waals surface area contributed by atoms with Gasteiger partial charge in [0.25, 0.3) is 0 Å². The van der Waals surface area contributed by atoms with E-state index in [1.54, 1.807) is 33.9 Å². The van der Waals surface area contributed by atoms with Crippen molar-refractivity contribution in [3.8, 4) is 17.2 Å². The highest BCUT2D eigenvalue weighted by Crippen LogP contribution is 2.20. The average molecular weight is 441 g/mol. The minimum Gasteiger partial charge on any atom is -0.309 e. The summed E-state index contributed by atoms with van der Waals surface area (Å²) in [5, 5.41) is 23.6. The number of nitriles is 1. The molecule has 9 heteroatoms. The summed E-state index contributed by atoms with van der Waals surface area (Å²) in [5.74, 6) is 0.259. The Morgan fingerprint density at radius 3 is 2.61 bits per heavy atom. The quantitative estimate of drug-likeness (QED) is 0.436. The van der Waals surface area contributed by atoms with Gasteiger partial charge in [0.15, 0.2) is 5.69 Å². The van der Waals surface area contributed by atoms with Crippen molar-refractivity contribution in [3.63, 3.8) is 0 Å². The van der Waals surface area contributed by atoms with E-state index in [1.807, 2.05) is 62.6 Å². The molecule has 3 aromatic heterocycles. The van der Waals surface area contributed by atoms with E-state index >= 15 is 0 Å². The smallest absolute Gasteiger partial charge is 0.247 e. The molecule has 1 aromatic carbocycles. The number of nitrogens with one attached hydrogen (secondary N) is 2. The van der Waals surface area contributed by atoms with Gasteiger partial charge in [-0.15, -0.1) is 0 Å². The van der Waals surface area contributed by atoms with Crippen molar-refractivity contribution in [2.45, 2.75) is 19.5 Å². The Morgan fingerprint density at radius 2 is 1.97 bits per heavy atom. The molecule has 166 valence electrons. The molecular weight excluding hydrogens is 416 g/mol. The summed E-state index contributed by atoms with van der Waals surface area (Å²) < 4.78 is 3.48. The lowest BCUT2D eigenvalue weighted by atomic mass is 10.1. The lowest BCUT2D eigenvalue weighted by Crippen LogP contribution is -2.35. The molecule has 0 aliphatic rings. The van der Waals surface area contributed by atoms with Crippen molar-refractivity contribution in [3.05, 3.63) is 84.1 Å². The van der Waals surface area contributed by atoms with E-state index in [0.29, 0.717) is 24.6 Å². The molecule has 0 spiro atoms. The molecule has 2 N–H and O–H groups in total. The van der Waals surface area contributed by atoms with Crippen molar-refractivity contribution >= 4 is 11.7 Å². The fraction of sp³-hybridized carbons (Fsp3) is 0.208. The maximum Gasteiger partial charge on any atom is 0.247 e. The third-order valence-electron chi connectivity index (χ3n) is 5.22. The van der Waals surface area contributed by atoms with Crippen LogP contribution in [0.4, 0.5) is 5.82 Å². The van der Waals surface area contributed by atoms with Gasteiger partial charge in [0.1, 0.15) is 17.9 Å². The minimum atomic E-state index is -0.572. The standard InChI is InChI=1S/C24H24N8O/c1-17-12-21(13-25)30-32(17)11-10-26-23(18-6-4-3-5-7-18)24(33)29-22-9-8-19(14-27-22)20-15-28-31(2)16-20/h3-9,12,14-16,23,26H,10-11H2,1-2H3,(H,27,29,33). The molecule has 0 fully saturated rings. The second-order valence-corrected chi connectivity index (χ2v) is 7.63. The number of aromatic nitrogens is 5. The summed E-state index contributed by atoms with van der Waals surface area (Å²) in [7, 11) is 1.86. The molecule has 0 aliphatic heterocycles. The van der Waals surface area contributed by atoms with Crippen LogP contribution in [-0.2, 0) is 18.4 Å². The van der Waals surface area contributed by atoms with E-state index in [2.05, 4.69) is 25.8 Å². The Labute approximate surface area is 191 Å². The van der Waals surface area contributed by atoms with E-state index < -0.39 is 6.04 Å². The van der Waals surface area contributed by atoms with E-state index in [4.69, 9.17) is 5.26 Å². The van der Waals surface area contributed by atoms with Crippen LogP contribution >= 0.6 is 0 Å². The van der Waals surface area contributed by atoms with Gasteiger partial charge in [-0.3, -0.25) is 14.2 Å². The van der Waals surface area contributed by atoms with Crippen LogP contribution in [0.1, 0.15) is 23.0 Å². The molecule has 1 amide bonds. The molecule has 33 heavy (non-hydrogen) atoms. The summed E-state index contributed by atoms with van der Waals surface area (Å²) >= 11 is 0. The zero-order valence-electron chi connectivity index (χ0n) is 18.4. The summed E-state index contributed by atoms with van der Waals surface area (Å²) in [6, 6.07) is 16.4. The molecule has 0 aliphatic carbocycles. The average Bonchev–Trinajstić information content (AvgIpc) is 3.43. The molecule has 0 saturated carbocycles. The first kappa shape index (κ1) is 21.9. The number of hydrogen-bond acceptors (Lipinski definition) is 6. The lowest BCUT2D eigenvalue weighted by Gasteiger charge is -2.19. The largest absolute Gasteiger partial charge is 0.309 e. The van der Waals surface area contributed by atoms with Crippen LogP contribution in [0.25, 0.3) is 11.1 Å². The normalized spacial score (nSPS) is 11.7. The highest BCUT2D eigenvalue weighted by Gasteiger charge is 2.20. The zero-order chi connectivity index (χ0) is 23.2. The summed E-state index contributed by atoms with van der Waals surface area (Å²) in [6.07, 6.45) is 5.39. The number of benzene rings is 1. The van der Waals surface area contributed by atoms with Crippen LogP contribution in [0.2, 0.25) is 0 Å². The molecule has 0 radical (unpaired) electrons. The van der Waals surface area contributed by atoms with Gasteiger partial charge in [-0.1, -0.05) is 30.3 Å². The fourth-order valence-corrected chi connectivity index (χ4v) is 3.52. The molecule has 9 nitrogen and oxygen atoms in total. The van der Waals surface area contributed by atoms with Crippen molar-refractivity contribution in [2.75, 3.05) is 11.9 Å². The third-order valence-corrected chi connectivity index (χ3v) is 5.22. The van der Waals surface area contributed by atoms with Gasteiger partial charge in [0.05, 0.1) is 12.7 Å². The number of rotatable bonds is 8. The van der Waals surface area contributed by atoms with Crippen molar-refractivity contribution in [2.24, 2.45) is 7.05 Å². The van der Waals surface area contributed by atoms with Crippen molar-refractivity contribution in [1.29, 1.82) is 5.26 Å². The first-order chi connectivity index (χ1) is 16.0. The van der Waals surface area contributed by atoms with E-state index in [9.17, 15) is 4.79 Å². The number of anilines is 1. The van der Waals surface area contributed by atoms with Gasteiger partial charge in [0.2, 0.25) is 5.91 Å². The molecule has 1 atom stereocenters. The molecule has 0 saturated heterocycles. The van der Waals surface area contributed by atoms with E-state index in [0.717, 1.165) is 22.4 Å². The van der Waals surface area contributed by atoms with Gasteiger partial charge in [0, 0.05) is 42.8 Å². The number of carbonyl (C=O) groups is 1. The Morgan fingerprint density at radius 1 is 1.15 bits per heavy atom. The summed E-state index contributed by atoms with van der Waals surface area (Å²) in [5.41, 5.74) is 4.00. The number of aryl methyl sites for hydroxylation is 2. The summed E-state index contributed by atoms with van der Waals surface area (Å²) in [4.78, 5) is 17.5. The first-order valence-corrected chi connectivity index (χ1v) is 10.5. The Kier molecular flexibility index (Phi) is 6.57. The predicted octanol–water partition coefficient (Wildman–Crippen LogP) is 2.83. The van der Waals surface area contributed by atoms with E-state index in [1.165, 1.54) is 0 Å². The number of amides is 1. The van der Waals surface area contributed by atoms with Crippen molar-refractivity contribution in [1.82, 2.24) is 29.9 Å². The van der Waals surface area contributed by atoms with Crippen LogP contribution in [0.3, 0.4) is 0 Å².